The fourth-order valence-corrected chi connectivity index (χ4v) is 0.565. The molecule has 0 aromatic rings. The van der Waals surface area contributed by atoms with E-state index in [-0.39, 0.29) is 17.2 Å². The van der Waals surface area contributed by atoms with Crippen molar-refractivity contribution in [3.63, 3.8) is 0 Å². The van der Waals surface area contributed by atoms with E-state index in [1.54, 1.807) is 14.1 Å². The molecule has 0 fully saturated rings. The fraction of sp³-hybridized carbons (Fsp3) is 0.833. The van der Waals surface area contributed by atoms with Gasteiger partial charge in [-0.1, -0.05) is 0 Å². The van der Waals surface area contributed by atoms with Gasteiger partial charge in [0, 0.05) is 11.8 Å². The van der Waals surface area contributed by atoms with Crippen molar-refractivity contribution < 1.29 is 19.1 Å². The lowest BCUT2D eigenvalue weighted by molar-refractivity contribution is -1.08. The van der Waals surface area contributed by atoms with Crippen LogP contribution in [0.25, 0.3) is 10.4 Å². The number of hydroxylamine groups is 3. The van der Waals surface area contributed by atoms with Crippen LogP contribution in [-0.4, -0.2) is 37.9 Å². The number of ether oxygens (including phenoxy) is 1. The molecule has 0 aliphatic rings. The van der Waals surface area contributed by atoms with Gasteiger partial charge < -0.3 is 4.74 Å². The van der Waals surface area contributed by atoms with E-state index < -0.39 is 0 Å². The van der Waals surface area contributed by atoms with Gasteiger partial charge >= 0.3 is 5.97 Å². The Kier molecular flexibility index (Phi) is 4.64. The minimum atomic E-state index is -0.344. The van der Waals surface area contributed by atoms with Gasteiger partial charge in [-0.25, -0.2) is 4.94 Å². The number of rotatable bonds is 5. The standard InChI is InChI=1S/C6H13N4O3/c1-6(11)12-5-4-10(2,3)13-9-8-7/h4-5H2,1-3H3/q+1. The monoisotopic (exact) mass is 189 g/mol. The van der Waals surface area contributed by atoms with Crippen LogP contribution in [0.3, 0.4) is 0 Å². The zero-order valence-corrected chi connectivity index (χ0v) is 7.93. The maximum atomic E-state index is 10.4. The molecule has 13 heavy (non-hydrogen) atoms. The van der Waals surface area contributed by atoms with Gasteiger partial charge in [-0.2, -0.15) is 0 Å². The topological polar surface area (TPSA) is 84.3 Å². The first-order valence-corrected chi connectivity index (χ1v) is 3.67. The summed E-state index contributed by atoms with van der Waals surface area (Å²) in [6.07, 6.45) is 0. The predicted octanol–water partition coefficient (Wildman–Crippen LogP) is 0.783. The molecule has 0 saturated heterocycles. The maximum absolute atomic E-state index is 10.4. The van der Waals surface area contributed by atoms with Crippen molar-refractivity contribution in [2.45, 2.75) is 6.92 Å². The van der Waals surface area contributed by atoms with E-state index in [0.717, 1.165) is 0 Å². The molecular formula is C6H13N4O3+. The Balaban J connectivity index is 3.74. The molecular weight excluding hydrogens is 176 g/mol. The molecule has 0 aromatic heterocycles. The number of esters is 1. The number of carbonyl (C=O) groups excluding carboxylic acids is 1. The van der Waals surface area contributed by atoms with E-state index in [4.69, 9.17) is 10.5 Å². The third-order valence-electron chi connectivity index (χ3n) is 1.23. The van der Waals surface area contributed by atoms with Crippen LogP contribution in [0.15, 0.2) is 5.28 Å². The van der Waals surface area contributed by atoms with E-state index in [1.165, 1.54) is 6.92 Å². The quantitative estimate of drug-likeness (QED) is 0.160. The largest absolute Gasteiger partial charge is 0.460 e. The van der Waals surface area contributed by atoms with Gasteiger partial charge in [-0.3, -0.25) is 4.79 Å². The van der Waals surface area contributed by atoms with Crippen LogP contribution in [0.4, 0.5) is 0 Å². The van der Waals surface area contributed by atoms with Gasteiger partial charge in [0.25, 0.3) is 0 Å². The molecule has 0 unspecified atom stereocenters. The van der Waals surface area contributed by atoms with Crippen molar-refractivity contribution in [1.82, 2.24) is 0 Å². The highest BCUT2D eigenvalue weighted by Crippen LogP contribution is 1.99. The smallest absolute Gasteiger partial charge is 0.302 e. The molecule has 7 heteroatoms. The normalized spacial score (nSPS) is 10.1. The number of likely N-dealkylation sites (N-methyl/N-ethyl adjacent to an activating group) is 1. The number of azide groups is 1. The van der Waals surface area contributed by atoms with Crippen LogP contribution >= 0.6 is 0 Å². The molecule has 0 radical (unpaired) electrons. The molecule has 74 valence electrons. The Morgan fingerprint density at radius 3 is 2.69 bits per heavy atom. The Hall–Kier alpha value is -1.46. The SMILES string of the molecule is CC(=O)OCC[N+](C)(C)ON=[N+]=[N-]. The second-order valence-corrected chi connectivity index (χ2v) is 2.89. The fourth-order valence-electron chi connectivity index (χ4n) is 0.565. The van der Waals surface area contributed by atoms with Crippen LogP contribution in [-0.2, 0) is 14.5 Å². The van der Waals surface area contributed by atoms with Crippen LogP contribution in [0.1, 0.15) is 6.92 Å². The van der Waals surface area contributed by atoms with Crippen LogP contribution in [0.2, 0.25) is 0 Å². The van der Waals surface area contributed by atoms with Crippen LogP contribution in [0, 0.1) is 0 Å². The molecule has 0 spiro atoms. The van der Waals surface area contributed by atoms with Crippen molar-refractivity contribution in [1.29, 1.82) is 0 Å². The van der Waals surface area contributed by atoms with E-state index in [9.17, 15) is 4.79 Å². The number of quaternary nitrogens is 1. The predicted molar refractivity (Wildman–Crippen MR) is 43.8 cm³/mol. The summed E-state index contributed by atoms with van der Waals surface area (Å²) in [7, 11) is 3.36. The third kappa shape index (κ3) is 6.92. The van der Waals surface area contributed by atoms with Crippen molar-refractivity contribution in [2.24, 2.45) is 5.28 Å². The maximum Gasteiger partial charge on any atom is 0.302 e. The Morgan fingerprint density at radius 2 is 2.23 bits per heavy atom. The number of carbonyl (C=O) groups is 1. The highest BCUT2D eigenvalue weighted by molar-refractivity contribution is 5.65. The van der Waals surface area contributed by atoms with Crippen molar-refractivity contribution in [3.05, 3.63) is 10.4 Å². The molecule has 0 N–H and O–H groups in total. The summed E-state index contributed by atoms with van der Waals surface area (Å²) in [6, 6.07) is 0. The third-order valence-corrected chi connectivity index (χ3v) is 1.23. The van der Waals surface area contributed by atoms with E-state index in [0.29, 0.717) is 6.54 Å². The Labute approximate surface area is 76.0 Å². The Morgan fingerprint density at radius 1 is 1.62 bits per heavy atom. The summed E-state index contributed by atoms with van der Waals surface area (Å²) in [4.78, 5) is 17.6. The Bertz CT molecular complexity index is 222. The lowest BCUT2D eigenvalue weighted by Gasteiger charge is -2.22. The summed E-state index contributed by atoms with van der Waals surface area (Å²) in [5, 5.41) is 2.95. The molecule has 0 amide bonds. The summed E-state index contributed by atoms with van der Waals surface area (Å²) < 4.78 is 4.70. The summed E-state index contributed by atoms with van der Waals surface area (Å²) in [6.45, 7) is 1.97. The van der Waals surface area contributed by atoms with Gasteiger partial charge in [-0.15, -0.1) is 4.65 Å². The van der Waals surface area contributed by atoms with Gasteiger partial charge in [0.15, 0.2) is 11.8 Å². The van der Waals surface area contributed by atoms with Gasteiger partial charge in [0.2, 0.25) is 0 Å². The molecule has 0 aromatic carbocycles. The number of hydrogen-bond acceptors (Lipinski definition) is 4. The molecule has 0 heterocycles. The van der Waals surface area contributed by atoms with Gasteiger partial charge in [-0.05, 0) is 5.53 Å². The lowest BCUT2D eigenvalue weighted by Crippen LogP contribution is -2.40. The molecule has 0 atom stereocenters. The van der Waals surface area contributed by atoms with Crippen LogP contribution in [0.5, 0.6) is 0 Å². The second kappa shape index (κ2) is 5.23. The van der Waals surface area contributed by atoms with Gasteiger partial charge in [0.05, 0.1) is 0 Å². The average molecular weight is 189 g/mol. The minimum Gasteiger partial charge on any atom is -0.460 e. The number of nitrogens with zero attached hydrogens (tertiary/aromatic N) is 4. The minimum absolute atomic E-state index is 0.0112. The molecule has 0 rings (SSSR count). The lowest BCUT2D eigenvalue weighted by atomic mass is 10.6. The van der Waals surface area contributed by atoms with E-state index >= 15 is 0 Å². The highest BCUT2D eigenvalue weighted by atomic mass is 16.8. The van der Waals surface area contributed by atoms with Crippen LogP contribution < -0.4 is 0 Å². The molecule has 0 aliphatic heterocycles. The first-order chi connectivity index (χ1) is 5.98. The molecule has 0 aliphatic carbocycles. The van der Waals surface area contributed by atoms with Crippen molar-refractivity contribution in [2.75, 3.05) is 27.2 Å². The molecule has 7 nitrogen and oxygen atoms in total. The second-order valence-electron chi connectivity index (χ2n) is 2.89. The average Bonchev–Trinajstić information content (AvgIpc) is 2.00. The first-order valence-electron chi connectivity index (χ1n) is 3.67. The molecule has 0 saturated carbocycles. The summed E-state index contributed by atoms with van der Waals surface area (Å²) in [5.41, 5.74) is 7.98. The highest BCUT2D eigenvalue weighted by Gasteiger charge is 2.16. The summed E-state index contributed by atoms with van der Waals surface area (Å²) in [5.74, 6) is -0.344. The zero-order chi connectivity index (χ0) is 10.3. The number of hydrogen-bond donors (Lipinski definition) is 0. The first kappa shape index (κ1) is 11.5. The van der Waals surface area contributed by atoms with Crippen molar-refractivity contribution >= 4 is 5.97 Å². The van der Waals surface area contributed by atoms with Gasteiger partial charge in [0.1, 0.15) is 20.7 Å². The van der Waals surface area contributed by atoms with E-state index in [2.05, 4.69) is 14.9 Å². The zero-order valence-electron chi connectivity index (χ0n) is 7.93. The molecule has 0 bridgehead atoms. The summed E-state index contributed by atoms with van der Waals surface area (Å²) >= 11 is 0. The van der Waals surface area contributed by atoms with Crippen molar-refractivity contribution in [3.8, 4) is 0 Å². The van der Waals surface area contributed by atoms with E-state index in [1.807, 2.05) is 0 Å².